The molecule has 0 radical (unpaired) electrons. The highest BCUT2D eigenvalue weighted by Crippen LogP contribution is 2.32. The van der Waals surface area contributed by atoms with Gasteiger partial charge in [0.2, 0.25) is 0 Å². The highest BCUT2D eigenvalue weighted by molar-refractivity contribution is 5.82. The number of rotatable bonds is 8. The van der Waals surface area contributed by atoms with Crippen molar-refractivity contribution in [2.75, 3.05) is 0 Å². The van der Waals surface area contributed by atoms with Crippen LogP contribution in [0.25, 0.3) is 0 Å². The first-order valence-corrected chi connectivity index (χ1v) is 10.8. The topological polar surface area (TPSA) is 134 Å². The number of cyclic esters (lactones) is 1. The summed E-state index contributed by atoms with van der Waals surface area (Å²) in [5.74, 6) is -3.46. The minimum atomic E-state index is -2.02. The lowest BCUT2D eigenvalue weighted by molar-refractivity contribution is -0.180. The van der Waals surface area contributed by atoms with Gasteiger partial charge >= 0.3 is 11.9 Å². The zero-order valence-corrected chi connectivity index (χ0v) is 18.7. The molecule has 0 spiro atoms. The number of esters is 2. The number of aliphatic hydroxyl groups is 4. The second kappa shape index (κ2) is 11.8. The summed E-state index contributed by atoms with van der Waals surface area (Å²) in [6, 6.07) is 0. The average Bonchev–Trinajstić information content (AvgIpc) is 2.71. The van der Waals surface area contributed by atoms with Crippen molar-refractivity contribution in [1.29, 1.82) is 0 Å². The van der Waals surface area contributed by atoms with Crippen LogP contribution in [0.15, 0.2) is 12.2 Å². The first kappa shape index (κ1) is 26.6. The summed E-state index contributed by atoms with van der Waals surface area (Å²) in [4.78, 5) is 24.6. The minimum Gasteiger partial charge on any atom is -0.458 e. The molecular weight excluding hydrogens is 392 g/mol. The quantitative estimate of drug-likeness (QED) is 0.258. The maximum atomic E-state index is 12.3. The molecule has 8 heteroatoms. The van der Waals surface area contributed by atoms with Crippen LogP contribution in [0.5, 0.6) is 0 Å². The highest BCUT2D eigenvalue weighted by Gasteiger charge is 2.50. The molecule has 1 rings (SSSR count). The summed E-state index contributed by atoms with van der Waals surface area (Å²) < 4.78 is 10.7. The van der Waals surface area contributed by atoms with E-state index in [1.165, 1.54) is 33.8 Å². The van der Waals surface area contributed by atoms with Crippen molar-refractivity contribution >= 4 is 11.9 Å². The van der Waals surface area contributed by atoms with Gasteiger partial charge in [-0.3, -0.25) is 4.79 Å². The third kappa shape index (κ3) is 7.04. The zero-order chi connectivity index (χ0) is 23.1. The van der Waals surface area contributed by atoms with Crippen LogP contribution in [0, 0.1) is 11.8 Å². The molecule has 8 atom stereocenters. The first-order valence-electron chi connectivity index (χ1n) is 10.8. The van der Waals surface area contributed by atoms with Crippen LogP contribution in [0.4, 0.5) is 0 Å². The van der Waals surface area contributed by atoms with Gasteiger partial charge in [0.15, 0.2) is 0 Å². The number of hydrogen-bond acceptors (Lipinski definition) is 8. The molecule has 0 aromatic heterocycles. The molecule has 4 N–H and O–H groups in total. The van der Waals surface area contributed by atoms with Gasteiger partial charge < -0.3 is 29.9 Å². The van der Waals surface area contributed by atoms with Crippen molar-refractivity contribution in [3.63, 3.8) is 0 Å². The Balaban J connectivity index is 2.88. The fourth-order valence-corrected chi connectivity index (χ4v) is 3.75. The van der Waals surface area contributed by atoms with Crippen LogP contribution in [0.2, 0.25) is 0 Å². The molecule has 0 unspecified atom stereocenters. The monoisotopic (exact) mass is 430 g/mol. The minimum absolute atomic E-state index is 0.537. The maximum absolute atomic E-state index is 12.3. The van der Waals surface area contributed by atoms with Gasteiger partial charge in [-0.05, 0) is 33.3 Å². The number of aliphatic hydroxyl groups excluding tert-OH is 3. The molecule has 0 aliphatic carbocycles. The molecule has 1 saturated heterocycles. The van der Waals surface area contributed by atoms with Crippen LogP contribution in [0.1, 0.15) is 66.7 Å². The van der Waals surface area contributed by atoms with Gasteiger partial charge in [-0.2, -0.15) is 0 Å². The van der Waals surface area contributed by atoms with Crippen LogP contribution in [0.3, 0.4) is 0 Å². The normalized spacial score (nSPS) is 36.5. The van der Waals surface area contributed by atoms with Crippen molar-refractivity contribution in [3.05, 3.63) is 12.2 Å². The van der Waals surface area contributed by atoms with E-state index in [-0.39, 0.29) is 0 Å². The van der Waals surface area contributed by atoms with Gasteiger partial charge in [0.05, 0.1) is 24.2 Å². The molecule has 1 aliphatic heterocycles. The number of hydrogen-bond donors (Lipinski definition) is 4. The summed E-state index contributed by atoms with van der Waals surface area (Å²) in [5.41, 5.74) is -2.02. The lowest BCUT2D eigenvalue weighted by atomic mass is 9.78. The van der Waals surface area contributed by atoms with Gasteiger partial charge in [-0.15, -0.1) is 0 Å². The van der Waals surface area contributed by atoms with Crippen LogP contribution < -0.4 is 0 Å². The summed E-state index contributed by atoms with van der Waals surface area (Å²) in [6.45, 7) is 7.77. The molecule has 0 bridgehead atoms. The maximum Gasteiger partial charge on any atom is 0.330 e. The Bertz CT molecular complexity index is 588. The van der Waals surface area contributed by atoms with Crippen molar-refractivity contribution < 1.29 is 39.5 Å². The Morgan fingerprint density at radius 1 is 1.20 bits per heavy atom. The molecular formula is C22H38O8. The van der Waals surface area contributed by atoms with Crippen LogP contribution in [-0.4, -0.2) is 68.5 Å². The largest absolute Gasteiger partial charge is 0.458 e. The highest BCUT2D eigenvalue weighted by atomic mass is 16.6. The second-order valence-corrected chi connectivity index (χ2v) is 8.58. The van der Waals surface area contributed by atoms with Crippen LogP contribution >= 0.6 is 0 Å². The van der Waals surface area contributed by atoms with Crippen molar-refractivity contribution in [2.24, 2.45) is 11.8 Å². The Morgan fingerprint density at radius 2 is 1.83 bits per heavy atom. The first-order chi connectivity index (χ1) is 13.9. The lowest BCUT2D eigenvalue weighted by Crippen LogP contribution is -2.57. The Hall–Kier alpha value is -1.48. The number of carbonyl (C=O) groups is 2. The van der Waals surface area contributed by atoms with E-state index in [4.69, 9.17) is 9.47 Å². The number of carbonyl (C=O) groups excluding carboxylic acids is 2. The van der Waals surface area contributed by atoms with Crippen molar-refractivity contribution in [1.82, 2.24) is 0 Å². The molecule has 30 heavy (non-hydrogen) atoms. The van der Waals surface area contributed by atoms with Crippen molar-refractivity contribution in [3.8, 4) is 0 Å². The molecule has 0 aromatic carbocycles. The van der Waals surface area contributed by atoms with Gasteiger partial charge in [0.25, 0.3) is 0 Å². The predicted octanol–water partition coefficient (Wildman–Crippen LogP) is 1.48. The fourth-order valence-electron chi connectivity index (χ4n) is 3.75. The standard InChI is InChI=1S/C22H38O8/c1-6-7-8-9-10-16(23)11-12-17(24)30-18-13(2)19(25)22(5,28)20(26)14(3)21(27)29-15(18)4/h11-16,18-20,23,25-26,28H,6-10H2,1-5H3/b12-11+/t13-,14-,15+,16-,18-,19+,20-,22-/m1/s1. The summed E-state index contributed by atoms with van der Waals surface area (Å²) >= 11 is 0. The Labute approximate surface area is 178 Å². The van der Waals surface area contributed by atoms with Gasteiger partial charge in [0, 0.05) is 12.0 Å². The van der Waals surface area contributed by atoms with Gasteiger partial charge in [0.1, 0.15) is 17.8 Å². The average molecular weight is 431 g/mol. The van der Waals surface area contributed by atoms with E-state index >= 15 is 0 Å². The van der Waals surface area contributed by atoms with E-state index in [1.54, 1.807) is 0 Å². The van der Waals surface area contributed by atoms with E-state index in [0.29, 0.717) is 6.42 Å². The third-order valence-corrected chi connectivity index (χ3v) is 5.88. The molecule has 174 valence electrons. The van der Waals surface area contributed by atoms with Crippen LogP contribution in [-0.2, 0) is 19.1 Å². The van der Waals surface area contributed by atoms with E-state index in [0.717, 1.165) is 31.8 Å². The van der Waals surface area contributed by atoms with E-state index < -0.39 is 59.9 Å². The predicted molar refractivity (Wildman–Crippen MR) is 110 cm³/mol. The molecule has 0 aromatic rings. The van der Waals surface area contributed by atoms with Crippen molar-refractivity contribution in [2.45, 2.75) is 103 Å². The second-order valence-electron chi connectivity index (χ2n) is 8.58. The number of unbranched alkanes of at least 4 members (excludes halogenated alkanes) is 3. The molecule has 1 heterocycles. The molecule has 0 saturated carbocycles. The summed E-state index contributed by atoms with van der Waals surface area (Å²) in [6.07, 6.45) is 1.24. The summed E-state index contributed by atoms with van der Waals surface area (Å²) in [5, 5.41) is 41.6. The lowest BCUT2D eigenvalue weighted by Gasteiger charge is -2.39. The molecule has 0 amide bonds. The van der Waals surface area contributed by atoms with E-state index in [1.807, 2.05) is 0 Å². The number of ether oxygens (including phenoxy) is 2. The zero-order valence-electron chi connectivity index (χ0n) is 18.7. The van der Waals surface area contributed by atoms with Gasteiger partial charge in [-0.25, -0.2) is 4.79 Å². The SMILES string of the molecule is CCCCCC[C@@H](O)/C=C/C(=O)O[C@@H]1[C@@H](C)[C@H](O)[C@@](C)(O)[C@H](O)[C@@H](C)C(=O)O[C@H]1C. The Kier molecular flexibility index (Phi) is 10.4. The fraction of sp³-hybridized carbons (Fsp3) is 0.818. The molecule has 8 nitrogen and oxygen atoms in total. The van der Waals surface area contributed by atoms with E-state index in [2.05, 4.69) is 6.92 Å². The van der Waals surface area contributed by atoms with Gasteiger partial charge in [-0.1, -0.05) is 39.5 Å². The van der Waals surface area contributed by atoms with E-state index in [9.17, 15) is 30.0 Å². The molecule has 1 aliphatic rings. The Morgan fingerprint density at radius 3 is 2.43 bits per heavy atom. The smallest absolute Gasteiger partial charge is 0.330 e. The summed E-state index contributed by atoms with van der Waals surface area (Å²) in [7, 11) is 0. The third-order valence-electron chi connectivity index (χ3n) is 5.88. The molecule has 1 fully saturated rings.